The van der Waals surface area contributed by atoms with E-state index in [1.807, 2.05) is 0 Å². The van der Waals surface area contributed by atoms with Gasteiger partial charge in [0.25, 0.3) is 0 Å². The van der Waals surface area contributed by atoms with E-state index in [0.717, 1.165) is 23.3 Å². The molecule has 4 rings (SSSR count). The number of fused-ring (bicyclic) bond motifs is 5. The lowest BCUT2D eigenvalue weighted by Gasteiger charge is -2.51. The molecule has 0 aromatic rings. The zero-order chi connectivity index (χ0) is 11.9. The molecule has 4 aliphatic heterocycles. The Balaban J connectivity index is 1.60. The van der Waals surface area contributed by atoms with E-state index in [0.29, 0.717) is 0 Å². The number of rotatable bonds is 1. The predicted molar refractivity (Wildman–Crippen MR) is 81.9 cm³/mol. The van der Waals surface area contributed by atoms with Gasteiger partial charge in [0.2, 0.25) is 0 Å². The second-order valence-electron chi connectivity index (χ2n) is 7.92. The van der Waals surface area contributed by atoms with Crippen molar-refractivity contribution in [2.75, 3.05) is 0 Å². The predicted octanol–water partition coefficient (Wildman–Crippen LogP) is 5.27. The summed E-state index contributed by atoms with van der Waals surface area (Å²) >= 11 is 0. The van der Waals surface area contributed by atoms with Crippen LogP contribution in [0.15, 0.2) is 0 Å². The molecular weight excluding hydrogens is 214 g/mol. The molecular formula is C16H28B2. The molecule has 0 N–H and O–H groups in total. The molecule has 0 spiro atoms. The maximum atomic E-state index is 1.59. The molecule has 0 unspecified atom stereocenters. The highest BCUT2D eigenvalue weighted by molar-refractivity contribution is 7.25. The topological polar surface area (TPSA) is 0 Å². The maximum Gasteiger partial charge on any atom is 0.117 e. The summed E-state index contributed by atoms with van der Waals surface area (Å²) in [6.45, 7) is 2.37. The molecule has 98 valence electrons. The van der Waals surface area contributed by atoms with E-state index in [4.69, 9.17) is 0 Å². The van der Waals surface area contributed by atoms with Crippen LogP contribution in [0.5, 0.6) is 0 Å². The van der Waals surface area contributed by atoms with Crippen LogP contribution in [0.3, 0.4) is 0 Å². The van der Waals surface area contributed by atoms with Crippen LogP contribution in [0.1, 0.15) is 77.0 Å². The first-order valence-electron chi connectivity index (χ1n) is 8.93. The first-order chi connectivity index (χ1) is 8.93. The molecule has 4 bridgehead atoms. The zero-order valence-electron chi connectivity index (χ0n) is 11.9. The van der Waals surface area contributed by atoms with Gasteiger partial charge < -0.3 is 0 Å². The largest absolute Gasteiger partial charge is 0.117 e. The highest BCUT2D eigenvalue weighted by Crippen LogP contribution is 2.55. The summed E-state index contributed by atoms with van der Waals surface area (Å²) in [5, 5.41) is 0. The van der Waals surface area contributed by atoms with Crippen molar-refractivity contribution < 1.29 is 0 Å². The van der Waals surface area contributed by atoms with Gasteiger partial charge in [-0.15, -0.1) is 0 Å². The quantitative estimate of drug-likeness (QED) is 0.549. The van der Waals surface area contributed by atoms with Gasteiger partial charge >= 0.3 is 0 Å². The second-order valence-corrected chi connectivity index (χ2v) is 7.92. The maximum absolute atomic E-state index is 1.59. The van der Waals surface area contributed by atoms with Crippen LogP contribution in [-0.4, -0.2) is 13.2 Å². The molecule has 18 heavy (non-hydrogen) atoms. The van der Waals surface area contributed by atoms with Crippen LogP contribution >= 0.6 is 0 Å². The molecule has 4 fully saturated rings. The molecule has 0 saturated carbocycles. The average Bonchev–Trinajstić information content (AvgIpc) is 2.36. The van der Waals surface area contributed by atoms with Gasteiger partial charge in [0.1, 0.15) is 13.2 Å². The molecule has 0 aliphatic carbocycles. The molecule has 0 atom stereocenters. The van der Waals surface area contributed by atoms with Crippen LogP contribution in [-0.2, 0) is 0 Å². The molecule has 0 amide bonds. The summed E-state index contributed by atoms with van der Waals surface area (Å²) in [5.41, 5.74) is 0. The summed E-state index contributed by atoms with van der Waals surface area (Å²) in [6.07, 6.45) is 19.0. The Labute approximate surface area is 114 Å². The fourth-order valence-corrected chi connectivity index (χ4v) is 6.71. The van der Waals surface area contributed by atoms with Crippen molar-refractivity contribution in [1.82, 2.24) is 0 Å². The third-order valence-corrected chi connectivity index (χ3v) is 7.22. The van der Waals surface area contributed by atoms with Crippen molar-refractivity contribution in [3.8, 4) is 0 Å². The fourth-order valence-electron chi connectivity index (χ4n) is 6.71. The lowest BCUT2D eigenvalue weighted by molar-refractivity contribution is 0.430. The minimum absolute atomic E-state index is 1.16. The summed E-state index contributed by atoms with van der Waals surface area (Å²) in [4.78, 5) is 0. The summed E-state index contributed by atoms with van der Waals surface area (Å²) < 4.78 is 0. The van der Waals surface area contributed by atoms with E-state index in [9.17, 15) is 0 Å². The Morgan fingerprint density at radius 3 is 0.833 bits per heavy atom. The standard InChI is InChI=1S/C16H28B2/c1-5-13-7-2-8-14(6-1)17(13)18-15-9-3-10-16(18)12-4-11-15/h13-16H,1-12H2/t13-,14+,15-,16+. The fraction of sp³-hybridized carbons (Fsp3) is 1.00. The third-order valence-electron chi connectivity index (χ3n) is 7.22. The molecule has 4 heterocycles. The van der Waals surface area contributed by atoms with Crippen LogP contribution < -0.4 is 0 Å². The Kier molecular flexibility index (Phi) is 3.25. The Morgan fingerprint density at radius 1 is 0.389 bits per heavy atom. The Hall–Kier alpha value is 0.130. The van der Waals surface area contributed by atoms with Crippen LogP contribution in [0.4, 0.5) is 0 Å². The second kappa shape index (κ2) is 4.91. The van der Waals surface area contributed by atoms with Gasteiger partial charge in [-0.05, 0) is 0 Å². The molecule has 0 aromatic heterocycles. The normalized spacial score (nSPS) is 44.0. The number of hydrogen-bond acceptors (Lipinski definition) is 0. The van der Waals surface area contributed by atoms with Crippen LogP contribution in [0.25, 0.3) is 0 Å². The number of hydrogen-bond donors (Lipinski definition) is 0. The van der Waals surface area contributed by atoms with E-state index < -0.39 is 0 Å². The van der Waals surface area contributed by atoms with E-state index in [2.05, 4.69) is 0 Å². The van der Waals surface area contributed by atoms with Crippen molar-refractivity contribution in [3.05, 3.63) is 0 Å². The molecule has 4 saturated heterocycles. The molecule has 4 aliphatic rings. The SMILES string of the molecule is C1C[C@H]2CCC[C@@H](C1)B2B1[C@H]2CCC[C@@H]1CCC2. The lowest BCUT2D eigenvalue weighted by Crippen LogP contribution is -2.54. The van der Waals surface area contributed by atoms with E-state index in [-0.39, 0.29) is 0 Å². The van der Waals surface area contributed by atoms with Gasteiger partial charge in [0.05, 0.1) is 0 Å². The monoisotopic (exact) mass is 242 g/mol. The van der Waals surface area contributed by atoms with Crippen molar-refractivity contribution >= 4 is 13.2 Å². The van der Waals surface area contributed by atoms with E-state index in [1.165, 1.54) is 13.2 Å². The first-order valence-corrected chi connectivity index (χ1v) is 8.93. The highest BCUT2D eigenvalue weighted by Gasteiger charge is 2.51. The Morgan fingerprint density at radius 2 is 0.611 bits per heavy atom. The van der Waals surface area contributed by atoms with E-state index in [1.54, 1.807) is 77.0 Å². The molecule has 0 radical (unpaired) electrons. The van der Waals surface area contributed by atoms with Gasteiger partial charge in [-0.2, -0.15) is 0 Å². The third kappa shape index (κ3) is 1.90. The Bertz CT molecular complexity index is 229. The van der Waals surface area contributed by atoms with Gasteiger partial charge in [0.15, 0.2) is 0 Å². The summed E-state index contributed by atoms with van der Waals surface area (Å²) in [7, 11) is 0. The summed E-state index contributed by atoms with van der Waals surface area (Å²) in [6, 6.07) is 0. The van der Waals surface area contributed by atoms with Crippen molar-refractivity contribution in [3.63, 3.8) is 0 Å². The van der Waals surface area contributed by atoms with Crippen molar-refractivity contribution in [2.24, 2.45) is 0 Å². The smallest absolute Gasteiger partial charge is 0.0686 e. The van der Waals surface area contributed by atoms with Gasteiger partial charge in [0, 0.05) is 0 Å². The van der Waals surface area contributed by atoms with Gasteiger partial charge in [-0.3, -0.25) is 0 Å². The molecule has 0 aromatic carbocycles. The van der Waals surface area contributed by atoms with Crippen molar-refractivity contribution in [2.45, 2.75) is 100 Å². The first kappa shape index (κ1) is 11.9. The van der Waals surface area contributed by atoms with Crippen molar-refractivity contribution in [1.29, 1.82) is 0 Å². The van der Waals surface area contributed by atoms with Gasteiger partial charge in [-0.1, -0.05) is 100 Å². The summed E-state index contributed by atoms with van der Waals surface area (Å²) in [5.74, 6) is 4.62. The minimum Gasteiger partial charge on any atom is -0.0686 e. The van der Waals surface area contributed by atoms with Crippen LogP contribution in [0.2, 0.25) is 23.3 Å². The van der Waals surface area contributed by atoms with E-state index >= 15 is 0 Å². The minimum atomic E-state index is 1.16. The molecule has 0 nitrogen and oxygen atoms in total. The molecule has 2 heteroatoms. The van der Waals surface area contributed by atoms with Crippen LogP contribution in [0, 0.1) is 0 Å². The zero-order valence-corrected chi connectivity index (χ0v) is 11.9. The average molecular weight is 242 g/mol. The highest BCUT2D eigenvalue weighted by atomic mass is 14.3. The lowest BCUT2D eigenvalue weighted by atomic mass is 8.93. The van der Waals surface area contributed by atoms with Gasteiger partial charge in [-0.25, -0.2) is 0 Å².